The second-order valence-electron chi connectivity index (χ2n) is 29.9. The summed E-state index contributed by atoms with van der Waals surface area (Å²) < 4.78 is 70.1. The van der Waals surface area contributed by atoms with Crippen LogP contribution in [0.2, 0.25) is 5.02 Å². The maximum absolute atomic E-state index is 15.7. The Morgan fingerprint density at radius 1 is 0.645 bits per heavy atom. The Labute approximate surface area is 630 Å². The van der Waals surface area contributed by atoms with Gasteiger partial charge < -0.3 is 60.0 Å². The van der Waals surface area contributed by atoms with Crippen molar-refractivity contribution in [3.63, 3.8) is 0 Å². The number of benzene rings is 3. The van der Waals surface area contributed by atoms with Gasteiger partial charge in [-0.25, -0.2) is 8.78 Å². The first kappa shape index (κ1) is 87.2. The Kier molecular flexibility index (Phi) is 30.4. The van der Waals surface area contributed by atoms with Crippen LogP contribution in [-0.2, 0) is 83.0 Å². The quantitative estimate of drug-likeness (QED) is 0.129. The van der Waals surface area contributed by atoms with E-state index in [0.717, 1.165) is 50.6 Å². The normalized spacial score (nSPS) is 24.6. The number of fused-ring (bicyclic) bond motifs is 1. The van der Waals surface area contributed by atoms with Crippen LogP contribution in [0.1, 0.15) is 152 Å². The van der Waals surface area contributed by atoms with Gasteiger partial charge in [0.05, 0.1) is 23.6 Å². The van der Waals surface area contributed by atoms with Crippen molar-refractivity contribution in [3.8, 4) is 0 Å². The largest absolute Gasteiger partial charge is 0.417 e. The zero-order valence-corrected chi connectivity index (χ0v) is 65.4. The van der Waals surface area contributed by atoms with Crippen molar-refractivity contribution in [1.29, 1.82) is 0 Å². The number of nitrogens with zero attached hydrogens (tertiary/aromatic N) is 9. The summed E-state index contributed by atoms with van der Waals surface area (Å²) in [5.74, 6) is -10.7. The lowest BCUT2D eigenvalue weighted by Crippen LogP contribution is -2.65. The van der Waals surface area contributed by atoms with E-state index in [1.54, 1.807) is 52.0 Å². The molecule has 3 aliphatic rings. The monoisotopic (exact) mass is 1520 g/mol. The number of alkyl halides is 5. The van der Waals surface area contributed by atoms with Crippen LogP contribution in [0.3, 0.4) is 0 Å². The summed E-state index contributed by atoms with van der Waals surface area (Å²) in [6.45, 7) is 13.3. The smallest absolute Gasteiger partial charge is 0.347 e. The van der Waals surface area contributed by atoms with E-state index in [4.69, 9.17) is 11.6 Å². The molecule has 3 aromatic rings. The van der Waals surface area contributed by atoms with Crippen LogP contribution >= 0.6 is 11.6 Å². The molecule has 0 unspecified atom stereocenters. The molecule has 2 saturated heterocycles. The molecule has 3 aromatic carbocycles. The van der Waals surface area contributed by atoms with Crippen LogP contribution in [-0.4, -0.2) is 251 Å². The van der Waals surface area contributed by atoms with Crippen molar-refractivity contribution in [2.24, 2.45) is 17.8 Å². The molecule has 12 amide bonds. The van der Waals surface area contributed by atoms with Crippen molar-refractivity contribution in [3.05, 3.63) is 105 Å². The molecule has 0 bridgehead atoms. The molecule has 0 radical (unpaired) electrons. The van der Waals surface area contributed by atoms with Gasteiger partial charge in [0.25, 0.3) is 6.43 Å². The zero-order valence-electron chi connectivity index (χ0n) is 64.7. The Morgan fingerprint density at radius 2 is 1.21 bits per heavy atom. The third kappa shape index (κ3) is 21.1. The van der Waals surface area contributed by atoms with Gasteiger partial charge in [-0.2, -0.15) is 13.2 Å². The van der Waals surface area contributed by atoms with Gasteiger partial charge in [0.2, 0.25) is 70.9 Å². The van der Waals surface area contributed by atoms with Gasteiger partial charge in [-0.3, -0.25) is 57.5 Å². The van der Waals surface area contributed by atoms with Gasteiger partial charge in [0.1, 0.15) is 59.9 Å². The molecule has 11 atom stereocenters. The average Bonchev–Trinajstić information content (AvgIpc) is 1.77. The highest BCUT2D eigenvalue weighted by Gasteiger charge is 2.51. The lowest BCUT2D eigenvalue weighted by atomic mass is 9.90. The molecule has 6 rings (SSSR count). The minimum atomic E-state index is -4.83. The number of amides is 12. The van der Waals surface area contributed by atoms with E-state index in [2.05, 4.69) is 16.0 Å². The molecule has 0 aromatic heterocycles. The maximum atomic E-state index is 15.7. The van der Waals surface area contributed by atoms with Crippen molar-refractivity contribution in [2.45, 2.75) is 211 Å². The van der Waals surface area contributed by atoms with E-state index in [0.29, 0.717) is 24.8 Å². The number of likely N-dealkylation sites (N-methyl/N-ethyl adjacent to an activating group) is 8. The molecule has 590 valence electrons. The fourth-order valence-corrected chi connectivity index (χ4v) is 14.4. The second kappa shape index (κ2) is 37.4. The number of hydrogen-bond acceptors (Lipinski definition) is 12. The first-order valence-electron chi connectivity index (χ1n) is 36.6. The molecule has 2 aliphatic heterocycles. The van der Waals surface area contributed by atoms with Gasteiger partial charge in [-0.15, -0.1) is 0 Å². The lowest BCUT2D eigenvalue weighted by molar-refractivity contribution is -0.160. The molecular weight excluding hydrogens is 1420 g/mol. The molecule has 107 heavy (non-hydrogen) atoms. The highest BCUT2D eigenvalue weighted by Crippen LogP contribution is 2.37. The van der Waals surface area contributed by atoms with Crippen molar-refractivity contribution >= 4 is 82.5 Å². The molecule has 1 spiro atoms. The third-order valence-corrected chi connectivity index (χ3v) is 22.0. The first-order chi connectivity index (χ1) is 50.0. The van der Waals surface area contributed by atoms with E-state index < -0.39 is 185 Å². The number of nitrogens with one attached hydrogen (secondary N) is 3. The van der Waals surface area contributed by atoms with Crippen LogP contribution in [0.15, 0.2) is 66.7 Å². The number of carbonyl (C=O) groups excluding carboxylic acids is 12. The average molecular weight is 1520 g/mol. The molecule has 1 aliphatic carbocycles. The Hall–Kier alpha value is -8.76. The Morgan fingerprint density at radius 3 is 1.73 bits per heavy atom. The highest BCUT2D eigenvalue weighted by molar-refractivity contribution is 6.31. The van der Waals surface area contributed by atoms with Crippen LogP contribution in [0, 0.1) is 24.7 Å². The van der Waals surface area contributed by atoms with Gasteiger partial charge >= 0.3 is 6.18 Å². The van der Waals surface area contributed by atoms with Gasteiger partial charge in [-0.1, -0.05) is 139 Å². The minimum Gasteiger partial charge on any atom is -0.347 e. The van der Waals surface area contributed by atoms with Gasteiger partial charge in [0, 0.05) is 88.4 Å². The van der Waals surface area contributed by atoms with E-state index in [-0.39, 0.29) is 80.5 Å². The topological polar surface area (TPSA) is 270 Å². The van der Waals surface area contributed by atoms with E-state index in [1.165, 1.54) is 112 Å². The summed E-state index contributed by atoms with van der Waals surface area (Å²) in [4.78, 5) is 191. The Bertz CT molecular complexity index is 3710. The fraction of sp³-hybridized carbons (Fsp3) is 0.610. The number of aryl methyl sites for hydroxylation is 2. The molecule has 1 saturated carbocycles. The molecule has 24 nitrogen and oxygen atoms in total. The first-order valence-corrected chi connectivity index (χ1v) is 37.0. The van der Waals surface area contributed by atoms with E-state index in [1.807, 2.05) is 20.8 Å². The van der Waals surface area contributed by atoms with E-state index >= 15 is 24.0 Å². The van der Waals surface area contributed by atoms with Crippen LogP contribution in [0.4, 0.5) is 22.0 Å². The second-order valence-corrected chi connectivity index (χ2v) is 30.3. The van der Waals surface area contributed by atoms with E-state index in [9.17, 15) is 55.5 Å². The molecular formula is C77H108ClF5N12O12. The summed E-state index contributed by atoms with van der Waals surface area (Å²) >= 11 is 6.18. The number of carbonyl (C=O) groups is 12. The van der Waals surface area contributed by atoms with Crippen molar-refractivity contribution < 1.29 is 79.5 Å². The summed E-state index contributed by atoms with van der Waals surface area (Å²) in [7, 11) is 12.2. The predicted molar refractivity (Wildman–Crippen MR) is 392 cm³/mol. The lowest BCUT2D eigenvalue weighted by Gasteiger charge is -2.45. The molecule has 3 fully saturated rings. The SMILES string of the molecule is CC[C@H](C)[C@@H]1NC(=O)[C@H](CC(C)C)N(C)C(=O)C[C@@H](C(=O)N(C)C)N(C)C(=O)[C@H]([C@@H](C)CC)N(C)C(=O)C2(CCCC2)NC(=O)[C@H](Cc2ccc(C(F)F)cc2)N(C)C(=O)[C@H](CCc2ccc(C(F)(F)F)c(Cl)c2)NC(=O)CN(C)C(=O)[C@H](Cc2ccc(C)cc2)N(C)C(=O)[C@@H]2CCN2C(=O)[C@H](C)N(C)C1=O. The zero-order chi connectivity index (χ0) is 80.2. The molecule has 2 heterocycles. The van der Waals surface area contributed by atoms with Crippen LogP contribution < -0.4 is 16.0 Å². The number of hydrogen-bond donors (Lipinski definition) is 3. The van der Waals surface area contributed by atoms with Crippen LogP contribution in [0.5, 0.6) is 0 Å². The molecule has 30 heteroatoms. The standard InChI is InChI=1S/C77H108ClF5N12O12/c1-18-46(6)63-73(105)89(12)48(8)68(100)95-37-34-56(95)72(104)92(15)59(41-50-24-22-45(5)23-25-50)71(103)88(11)43-61(96)84-55(33-29-49-28-32-53(54(78)39-49)77(81,82)83)69(101)91(14)58(40-51-26-30-52(31-27-51)65(79)80)67(99)86-76(35-20-21-36-76)75(107)94(17)64(47(7)19-2)74(106)93(16)60(70(102)87(9)10)42-62(97)90(13)57(38-44(3)4)66(98)85-63/h22-28,30-32,39,44,46-48,55-60,63-65H,18-21,29,33-38,40-43H2,1-17H3,(H,84,96)(H,85,98)(H,86,99)/t46-,47-,48-,55-,56-,57-,58-,59-,60-,63-,64-/m0/s1. The summed E-state index contributed by atoms with van der Waals surface area (Å²) in [6, 6.07) is 2.57. The third-order valence-electron chi connectivity index (χ3n) is 21.7. The molecule has 3 N–H and O–H groups in total. The summed E-state index contributed by atoms with van der Waals surface area (Å²) in [5, 5.41) is 7.86. The van der Waals surface area contributed by atoms with Crippen molar-refractivity contribution in [1.82, 2.24) is 60.0 Å². The number of halogens is 6. The fourth-order valence-electron chi connectivity index (χ4n) is 14.1. The summed E-state index contributed by atoms with van der Waals surface area (Å²) in [5.41, 5.74) is -1.35. The number of rotatable bonds is 15. The highest BCUT2D eigenvalue weighted by atomic mass is 35.5. The predicted octanol–water partition coefficient (Wildman–Crippen LogP) is 7.09. The van der Waals surface area contributed by atoms with Gasteiger partial charge in [-0.05, 0) is 98.9 Å². The maximum Gasteiger partial charge on any atom is 0.417 e. The Balaban J connectivity index is 1.52. The van der Waals surface area contributed by atoms with Gasteiger partial charge in [0.15, 0.2) is 0 Å². The van der Waals surface area contributed by atoms with Crippen molar-refractivity contribution in [2.75, 3.05) is 76.5 Å². The minimum absolute atomic E-state index is 0.0115. The summed E-state index contributed by atoms with van der Waals surface area (Å²) in [6.07, 6.45) is -7.82. The van der Waals surface area contributed by atoms with Crippen LogP contribution in [0.25, 0.3) is 0 Å².